The number of nitrogens with two attached hydrogens (primary N) is 1. The molecule has 116 valence electrons. The van der Waals surface area contributed by atoms with Crippen molar-refractivity contribution in [3.63, 3.8) is 0 Å². The molecule has 0 saturated carbocycles. The summed E-state index contributed by atoms with van der Waals surface area (Å²) < 4.78 is 4.83. The van der Waals surface area contributed by atoms with Gasteiger partial charge in [0, 0.05) is 13.0 Å². The van der Waals surface area contributed by atoms with Crippen LogP contribution in [0.5, 0.6) is 0 Å². The van der Waals surface area contributed by atoms with Crippen molar-refractivity contribution < 1.29 is 14.3 Å². The molecule has 0 saturated heterocycles. The molecule has 2 rings (SSSR count). The third-order valence-electron chi connectivity index (χ3n) is 3.18. The van der Waals surface area contributed by atoms with Gasteiger partial charge in [-0.1, -0.05) is 18.2 Å². The highest BCUT2D eigenvalue weighted by Gasteiger charge is 2.26. The van der Waals surface area contributed by atoms with Crippen LogP contribution >= 0.6 is 12.2 Å². The van der Waals surface area contributed by atoms with Gasteiger partial charge in [0.2, 0.25) is 0 Å². The molecule has 0 atom stereocenters. The highest BCUT2D eigenvalue weighted by molar-refractivity contribution is 7.80. The summed E-state index contributed by atoms with van der Waals surface area (Å²) in [7, 11) is 0. The van der Waals surface area contributed by atoms with E-state index in [1.807, 2.05) is 18.2 Å². The van der Waals surface area contributed by atoms with Crippen molar-refractivity contribution >= 4 is 34.9 Å². The number of amides is 1. The molecule has 0 aromatic carbocycles. The van der Waals surface area contributed by atoms with Gasteiger partial charge < -0.3 is 10.5 Å². The summed E-state index contributed by atoms with van der Waals surface area (Å²) in [5.74, 6) is -0.802. The van der Waals surface area contributed by atoms with Crippen molar-refractivity contribution in [2.75, 3.05) is 13.2 Å². The highest BCUT2D eigenvalue weighted by Crippen LogP contribution is 2.23. The van der Waals surface area contributed by atoms with Crippen LogP contribution in [0.2, 0.25) is 0 Å². The number of carbonyl (C=O) groups excluding carboxylic acids is 2. The van der Waals surface area contributed by atoms with Gasteiger partial charge in [-0.25, -0.2) is 4.99 Å². The van der Waals surface area contributed by atoms with E-state index in [0.29, 0.717) is 13.0 Å². The normalized spacial score (nSPS) is 15.4. The number of fused-ring (bicyclic) bond motifs is 1. The zero-order chi connectivity index (χ0) is 16.1. The van der Waals surface area contributed by atoms with Crippen molar-refractivity contribution in [1.82, 2.24) is 4.90 Å². The lowest BCUT2D eigenvalue weighted by Gasteiger charge is -2.19. The molecule has 0 bridgehead atoms. The zero-order valence-corrected chi connectivity index (χ0v) is 13.1. The Kier molecular flexibility index (Phi) is 5.21. The summed E-state index contributed by atoms with van der Waals surface area (Å²) in [6.07, 6.45) is 8.21. The number of allylic oxidation sites excluding steroid dienone is 5. The quantitative estimate of drug-likeness (QED) is 0.609. The van der Waals surface area contributed by atoms with Crippen molar-refractivity contribution in [1.29, 1.82) is 0 Å². The topological polar surface area (TPSA) is 85.0 Å². The van der Waals surface area contributed by atoms with Crippen LogP contribution < -0.4 is 5.73 Å². The average molecular weight is 319 g/mol. The first-order valence-electron chi connectivity index (χ1n) is 6.96. The Morgan fingerprint density at radius 2 is 2.27 bits per heavy atom. The lowest BCUT2D eigenvalue weighted by atomic mass is 10.0. The van der Waals surface area contributed by atoms with Crippen LogP contribution in [0.4, 0.5) is 0 Å². The average Bonchev–Trinajstić information content (AvgIpc) is 2.91. The first-order chi connectivity index (χ1) is 10.5. The maximum atomic E-state index is 12.5. The summed E-state index contributed by atoms with van der Waals surface area (Å²) >= 11 is 4.90. The Hall–Kier alpha value is -2.28. The first kappa shape index (κ1) is 16.1. The van der Waals surface area contributed by atoms with E-state index in [-0.39, 0.29) is 23.8 Å². The molecule has 1 aliphatic carbocycles. The summed E-state index contributed by atoms with van der Waals surface area (Å²) in [5.41, 5.74) is 7.64. The second-order valence-electron chi connectivity index (χ2n) is 4.69. The lowest BCUT2D eigenvalue weighted by molar-refractivity contribution is -0.143. The maximum absolute atomic E-state index is 12.5. The largest absolute Gasteiger partial charge is 0.466 e. The molecule has 1 heterocycles. The maximum Gasteiger partial charge on any atom is 0.307 e. The molecule has 1 amide bonds. The second kappa shape index (κ2) is 7.13. The molecule has 22 heavy (non-hydrogen) atoms. The summed E-state index contributed by atoms with van der Waals surface area (Å²) in [4.78, 5) is 29.4. The van der Waals surface area contributed by atoms with Crippen LogP contribution in [-0.2, 0) is 14.3 Å². The summed E-state index contributed by atoms with van der Waals surface area (Å²) in [6.45, 7) is 2.09. The van der Waals surface area contributed by atoms with Gasteiger partial charge in [-0.2, -0.15) is 0 Å². The fraction of sp³-hybridized carbons (Fsp3) is 0.333. The van der Waals surface area contributed by atoms with Gasteiger partial charge >= 0.3 is 5.97 Å². The Labute approximate surface area is 134 Å². The van der Waals surface area contributed by atoms with Crippen LogP contribution in [-0.4, -0.2) is 40.8 Å². The molecule has 7 heteroatoms. The van der Waals surface area contributed by atoms with Crippen molar-refractivity contribution in [3.8, 4) is 0 Å². The third-order valence-corrected chi connectivity index (χ3v) is 3.40. The van der Waals surface area contributed by atoms with E-state index >= 15 is 0 Å². The van der Waals surface area contributed by atoms with Crippen LogP contribution in [0.1, 0.15) is 19.8 Å². The van der Waals surface area contributed by atoms with Crippen LogP contribution in [0.3, 0.4) is 0 Å². The Morgan fingerprint density at radius 3 is 2.91 bits per heavy atom. The van der Waals surface area contributed by atoms with E-state index in [0.717, 1.165) is 11.3 Å². The van der Waals surface area contributed by atoms with Crippen molar-refractivity contribution in [2.45, 2.75) is 19.8 Å². The van der Waals surface area contributed by atoms with Crippen molar-refractivity contribution in [2.24, 2.45) is 10.7 Å². The minimum Gasteiger partial charge on any atom is -0.466 e. The number of hydrogen-bond acceptors (Lipinski definition) is 5. The predicted octanol–water partition coefficient (Wildman–Crippen LogP) is 1.24. The molecule has 0 aromatic heterocycles. The highest BCUT2D eigenvalue weighted by atomic mass is 32.1. The monoisotopic (exact) mass is 319 g/mol. The third kappa shape index (κ3) is 3.67. The number of hydrogen-bond donors (Lipinski definition) is 1. The van der Waals surface area contributed by atoms with Gasteiger partial charge in [-0.3, -0.25) is 14.5 Å². The number of rotatable bonds is 5. The van der Waals surface area contributed by atoms with E-state index < -0.39 is 11.9 Å². The molecule has 0 aromatic rings. The molecule has 0 fully saturated rings. The summed E-state index contributed by atoms with van der Waals surface area (Å²) in [5, 5.41) is -0.0858. The van der Waals surface area contributed by atoms with Gasteiger partial charge in [0.1, 0.15) is 5.70 Å². The van der Waals surface area contributed by atoms with E-state index in [9.17, 15) is 9.59 Å². The van der Waals surface area contributed by atoms with Gasteiger partial charge in [0.15, 0.2) is 5.11 Å². The predicted molar refractivity (Wildman–Crippen MR) is 87.1 cm³/mol. The molecule has 0 unspecified atom stereocenters. The van der Waals surface area contributed by atoms with Gasteiger partial charge in [0.25, 0.3) is 5.91 Å². The molecule has 1 aliphatic heterocycles. The zero-order valence-electron chi connectivity index (χ0n) is 12.2. The lowest BCUT2D eigenvalue weighted by Crippen LogP contribution is -2.42. The van der Waals surface area contributed by atoms with E-state index in [1.165, 1.54) is 4.90 Å². The standard InChI is InChI=1S/C15H17N3O3S/c1-2-21-13(19)7-8-18(15(16)22)14(20)12-9-10-5-3-4-6-11(10)17-12/h3-5,9H,2,6-8H2,1H3,(H2,16,22). The van der Waals surface area contributed by atoms with E-state index in [2.05, 4.69) is 4.99 Å². The molecular weight excluding hydrogens is 302 g/mol. The number of ether oxygens (including phenoxy) is 1. The van der Waals surface area contributed by atoms with Crippen molar-refractivity contribution in [3.05, 3.63) is 35.6 Å². The van der Waals surface area contributed by atoms with E-state index in [1.54, 1.807) is 13.0 Å². The SMILES string of the molecule is CCOC(=O)CCN(C(=O)C1=CC2=CC=CCC2=N1)C(N)=S. The second-order valence-corrected chi connectivity index (χ2v) is 5.11. The van der Waals surface area contributed by atoms with Gasteiger partial charge in [-0.15, -0.1) is 0 Å². The Morgan fingerprint density at radius 1 is 1.50 bits per heavy atom. The smallest absolute Gasteiger partial charge is 0.307 e. The molecular formula is C15H17N3O3S. The fourth-order valence-corrected chi connectivity index (χ4v) is 2.30. The number of aliphatic imine (C=N–C) groups is 1. The summed E-state index contributed by atoms with van der Waals surface area (Å²) in [6, 6.07) is 0. The minimum absolute atomic E-state index is 0.0328. The fourth-order valence-electron chi connectivity index (χ4n) is 2.13. The number of esters is 1. The Bertz CT molecular complexity index is 632. The number of thiocarbonyl (C=S) groups is 1. The number of carbonyl (C=O) groups is 2. The number of nitrogens with zero attached hydrogens (tertiary/aromatic N) is 2. The Balaban J connectivity index is 2.07. The molecule has 2 aliphatic rings. The minimum atomic E-state index is -0.403. The van der Waals surface area contributed by atoms with Gasteiger partial charge in [-0.05, 0) is 30.8 Å². The molecule has 0 radical (unpaired) electrons. The van der Waals surface area contributed by atoms with Crippen LogP contribution in [0.15, 0.2) is 40.6 Å². The molecule has 0 spiro atoms. The van der Waals surface area contributed by atoms with Gasteiger partial charge in [0.05, 0.1) is 18.7 Å². The molecule has 6 nitrogen and oxygen atoms in total. The molecule has 2 N–H and O–H groups in total. The van der Waals surface area contributed by atoms with Crippen LogP contribution in [0.25, 0.3) is 0 Å². The first-order valence-corrected chi connectivity index (χ1v) is 7.37. The van der Waals surface area contributed by atoms with Crippen LogP contribution in [0, 0.1) is 0 Å². The van der Waals surface area contributed by atoms with E-state index in [4.69, 9.17) is 22.7 Å².